The molecule has 0 fully saturated rings. The van der Waals surface area contributed by atoms with Gasteiger partial charge in [0.15, 0.2) is 5.82 Å². The second-order valence-electron chi connectivity index (χ2n) is 6.63. The molecule has 0 saturated heterocycles. The van der Waals surface area contributed by atoms with Crippen LogP contribution in [0.1, 0.15) is 38.9 Å². The van der Waals surface area contributed by atoms with E-state index in [0.29, 0.717) is 33.0 Å². The number of nitriles is 1. The van der Waals surface area contributed by atoms with Gasteiger partial charge in [0, 0.05) is 25.9 Å². The number of halogens is 2. The van der Waals surface area contributed by atoms with Crippen molar-refractivity contribution in [1.82, 2.24) is 25.2 Å². The molecule has 0 saturated carbocycles. The van der Waals surface area contributed by atoms with Crippen LogP contribution in [-0.4, -0.2) is 45.2 Å². The van der Waals surface area contributed by atoms with Gasteiger partial charge in [0.25, 0.3) is 11.8 Å². The number of rotatable bonds is 6. The first-order valence-corrected chi connectivity index (χ1v) is 10.7. The van der Waals surface area contributed by atoms with Crippen LogP contribution in [0.3, 0.4) is 0 Å². The molecular formula is C21H19BrClN7O2. The van der Waals surface area contributed by atoms with E-state index in [1.54, 1.807) is 39.1 Å². The van der Waals surface area contributed by atoms with E-state index in [2.05, 4.69) is 36.8 Å². The Hall–Kier alpha value is -3.26. The van der Waals surface area contributed by atoms with E-state index in [1.165, 1.54) is 28.0 Å². The number of hydrogen-bond donors (Lipinski definition) is 2. The van der Waals surface area contributed by atoms with Gasteiger partial charge in [-0.1, -0.05) is 11.6 Å². The highest BCUT2D eigenvalue weighted by atomic mass is 79.9. The van der Waals surface area contributed by atoms with Crippen molar-refractivity contribution in [2.75, 3.05) is 18.9 Å². The summed E-state index contributed by atoms with van der Waals surface area (Å²) in [5, 5.41) is 18.1. The topological polar surface area (TPSA) is 116 Å². The Morgan fingerprint density at radius 2 is 2.09 bits per heavy atom. The fourth-order valence-corrected chi connectivity index (χ4v) is 3.70. The number of aromatic nitrogens is 3. The van der Waals surface area contributed by atoms with Crippen molar-refractivity contribution in [3.63, 3.8) is 0 Å². The molecule has 11 heteroatoms. The van der Waals surface area contributed by atoms with Gasteiger partial charge >= 0.3 is 0 Å². The zero-order valence-electron chi connectivity index (χ0n) is 17.5. The van der Waals surface area contributed by atoms with Crippen LogP contribution >= 0.6 is 27.5 Å². The Balaban J connectivity index is 2.07. The normalized spacial score (nSPS) is 10.5. The average molecular weight is 517 g/mol. The molecule has 2 amide bonds. The molecule has 9 nitrogen and oxygen atoms in total. The molecule has 0 aliphatic carbocycles. The molecular weight excluding hydrogens is 498 g/mol. The van der Waals surface area contributed by atoms with E-state index < -0.39 is 5.91 Å². The lowest BCUT2D eigenvalue weighted by atomic mass is 10.0. The smallest absolute Gasteiger partial charge is 0.274 e. The maximum absolute atomic E-state index is 13.3. The number of amides is 2. The number of hydrogen-bond acceptors (Lipinski definition) is 6. The molecule has 3 aromatic rings. The number of carbonyl (C=O) groups is 2. The van der Waals surface area contributed by atoms with Gasteiger partial charge in [0.1, 0.15) is 10.3 Å². The maximum Gasteiger partial charge on any atom is 0.274 e. The van der Waals surface area contributed by atoms with Crippen molar-refractivity contribution in [3.05, 3.63) is 68.5 Å². The first-order chi connectivity index (χ1) is 15.3. The first-order valence-electron chi connectivity index (χ1n) is 9.52. The summed E-state index contributed by atoms with van der Waals surface area (Å²) in [6, 6.07) is 9.93. The minimum Gasteiger partial charge on any atom is -0.320 e. The first kappa shape index (κ1) is 23.4. The van der Waals surface area contributed by atoms with Crippen LogP contribution in [0.4, 0.5) is 5.69 Å². The van der Waals surface area contributed by atoms with E-state index in [1.807, 2.05) is 6.07 Å². The summed E-state index contributed by atoms with van der Waals surface area (Å²) in [7, 11) is 1.62. The number of hydrazine groups is 1. The Kier molecular flexibility index (Phi) is 7.25. The van der Waals surface area contributed by atoms with Crippen molar-refractivity contribution in [2.24, 2.45) is 0 Å². The van der Waals surface area contributed by atoms with Crippen molar-refractivity contribution in [3.8, 4) is 11.9 Å². The van der Waals surface area contributed by atoms with Crippen LogP contribution in [0.2, 0.25) is 5.02 Å². The van der Waals surface area contributed by atoms with Gasteiger partial charge in [-0.05, 0) is 59.6 Å². The molecule has 0 aliphatic heterocycles. The Labute approximate surface area is 198 Å². The molecule has 2 aromatic heterocycles. The lowest BCUT2D eigenvalue weighted by Crippen LogP contribution is -2.40. The van der Waals surface area contributed by atoms with E-state index >= 15 is 0 Å². The van der Waals surface area contributed by atoms with Gasteiger partial charge < -0.3 is 5.32 Å². The number of anilines is 1. The zero-order valence-corrected chi connectivity index (χ0v) is 19.8. The highest BCUT2D eigenvalue weighted by molar-refractivity contribution is 9.10. The molecule has 0 aliphatic rings. The lowest BCUT2D eigenvalue weighted by molar-refractivity contribution is 0.0694. The molecule has 32 heavy (non-hydrogen) atoms. The number of nitrogens with zero attached hydrogens (tertiary/aromatic N) is 5. The molecule has 0 unspecified atom stereocenters. The second kappa shape index (κ2) is 9.91. The Bertz CT molecular complexity index is 1230. The summed E-state index contributed by atoms with van der Waals surface area (Å²) in [5.41, 5.74) is 4.31. The summed E-state index contributed by atoms with van der Waals surface area (Å²) >= 11 is 9.52. The van der Waals surface area contributed by atoms with Crippen molar-refractivity contribution >= 4 is 45.0 Å². The SMILES string of the molecule is CCN(NC)C(=O)c1cc(C#N)cc(C)c1NC(=O)c1cc(Br)nn1-c1ncccc1Cl. The minimum absolute atomic E-state index is 0.153. The zero-order chi connectivity index (χ0) is 23.4. The van der Waals surface area contributed by atoms with E-state index in [9.17, 15) is 14.9 Å². The molecule has 0 bridgehead atoms. The van der Waals surface area contributed by atoms with Crippen molar-refractivity contribution < 1.29 is 9.59 Å². The van der Waals surface area contributed by atoms with Gasteiger partial charge in [-0.2, -0.15) is 10.4 Å². The van der Waals surface area contributed by atoms with Gasteiger partial charge in [-0.15, -0.1) is 0 Å². The minimum atomic E-state index is -0.528. The van der Waals surface area contributed by atoms with Crippen molar-refractivity contribution in [1.29, 1.82) is 5.26 Å². The van der Waals surface area contributed by atoms with Crippen LogP contribution < -0.4 is 10.7 Å². The predicted octanol–water partition coefficient (Wildman–Crippen LogP) is 3.71. The Morgan fingerprint density at radius 3 is 2.72 bits per heavy atom. The third kappa shape index (κ3) is 4.65. The summed E-state index contributed by atoms with van der Waals surface area (Å²) in [6.07, 6.45) is 1.54. The fourth-order valence-electron chi connectivity index (χ4n) is 3.12. The second-order valence-corrected chi connectivity index (χ2v) is 7.85. The van der Waals surface area contributed by atoms with E-state index in [0.717, 1.165) is 0 Å². The molecule has 0 spiro atoms. The summed E-state index contributed by atoms with van der Waals surface area (Å²) in [5.74, 6) is -0.627. The highest BCUT2D eigenvalue weighted by Crippen LogP contribution is 2.27. The van der Waals surface area contributed by atoms with Crippen LogP contribution in [-0.2, 0) is 0 Å². The monoisotopic (exact) mass is 515 g/mol. The van der Waals surface area contributed by atoms with Crippen LogP contribution in [0.5, 0.6) is 0 Å². The largest absolute Gasteiger partial charge is 0.320 e. The number of benzene rings is 1. The third-order valence-electron chi connectivity index (χ3n) is 4.62. The molecule has 1 aromatic carbocycles. The van der Waals surface area contributed by atoms with Gasteiger partial charge in [-0.25, -0.2) is 15.1 Å². The molecule has 0 radical (unpaired) electrons. The average Bonchev–Trinajstić information content (AvgIpc) is 3.17. The summed E-state index contributed by atoms with van der Waals surface area (Å²) < 4.78 is 1.72. The number of aryl methyl sites for hydroxylation is 1. The fraction of sp³-hybridized carbons (Fsp3) is 0.190. The Morgan fingerprint density at radius 1 is 1.34 bits per heavy atom. The third-order valence-corrected chi connectivity index (χ3v) is 5.30. The quantitative estimate of drug-likeness (QED) is 0.483. The molecule has 3 rings (SSSR count). The van der Waals surface area contributed by atoms with Crippen LogP contribution in [0.15, 0.2) is 41.1 Å². The summed E-state index contributed by atoms with van der Waals surface area (Å²) in [6.45, 7) is 3.91. The maximum atomic E-state index is 13.3. The molecule has 0 atom stereocenters. The highest BCUT2D eigenvalue weighted by Gasteiger charge is 2.24. The lowest BCUT2D eigenvalue weighted by Gasteiger charge is -2.22. The van der Waals surface area contributed by atoms with Crippen LogP contribution in [0.25, 0.3) is 5.82 Å². The molecule has 2 N–H and O–H groups in total. The van der Waals surface area contributed by atoms with E-state index in [4.69, 9.17) is 11.6 Å². The predicted molar refractivity (Wildman–Crippen MR) is 124 cm³/mol. The molecule has 2 heterocycles. The van der Waals surface area contributed by atoms with Gasteiger partial charge in [-0.3, -0.25) is 14.6 Å². The van der Waals surface area contributed by atoms with E-state index in [-0.39, 0.29) is 23.0 Å². The number of carbonyl (C=O) groups excluding carboxylic acids is 2. The van der Waals surface area contributed by atoms with Gasteiger partial charge in [0.2, 0.25) is 0 Å². The van der Waals surface area contributed by atoms with Crippen LogP contribution in [0, 0.1) is 18.3 Å². The standard InChI is InChI=1S/C21H19BrClN7O2/c1-4-29(25-3)21(32)14-9-13(11-24)8-12(2)18(14)27-20(31)16-10-17(22)28-30(16)19-15(23)6-5-7-26-19/h5-10,25H,4H2,1-3H3,(H,27,31). The van der Waals surface area contributed by atoms with Crippen molar-refractivity contribution in [2.45, 2.75) is 13.8 Å². The molecule has 164 valence electrons. The van der Waals surface area contributed by atoms with Gasteiger partial charge in [0.05, 0.1) is 27.9 Å². The number of pyridine rings is 1. The summed E-state index contributed by atoms with van der Waals surface area (Å²) in [4.78, 5) is 30.5. The number of nitrogens with one attached hydrogen (secondary N) is 2.